The van der Waals surface area contributed by atoms with Crippen LogP contribution in [-0.4, -0.2) is 6.26 Å². The summed E-state index contributed by atoms with van der Waals surface area (Å²) in [5.74, 6) is 2.02. The van der Waals surface area contributed by atoms with Crippen molar-refractivity contribution in [2.45, 2.75) is 12.7 Å². The molecule has 13 heavy (non-hydrogen) atoms. The van der Waals surface area contributed by atoms with Gasteiger partial charge in [0, 0.05) is 5.39 Å². The molecule has 0 aliphatic rings. The Bertz CT molecular complexity index is 417. The van der Waals surface area contributed by atoms with E-state index in [1.165, 1.54) is 10.9 Å². The highest BCUT2D eigenvalue weighted by atomic mass is 32.2. The Labute approximate surface area is 82.1 Å². The van der Waals surface area contributed by atoms with Crippen LogP contribution in [0.3, 0.4) is 0 Å². The first-order valence-electron chi connectivity index (χ1n) is 4.27. The molecule has 0 radical (unpaired) electrons. The lowest BCUT2D eigenvalue weighted by Gasteiger charge is -1.89. The van der Waals surface area contributed by atoms with Gasteiger partial charge in [-0.1, -0.05) is 11.6 Å². The number of fused-ring (bicyclic) bond motifs is 1. The third kappa shape index (κ3) is 1.73. The summed E-state index contributed by atoms with van der Waals surface area (Å²) in [5.41, 5.74) is 2.28. The first-order chi connectivity index (χ1) is 6.29. The fourth-order valence-electron chi connectivity index (χ4n) is 1.43. The Kier molecular flexibility index (Phi) is 2.32. The number of thioether (sulfide) groups is 1. The van der Waals surface area contributed by atoms with Gasteiger partial charge in [-0.05, 0) is 31.4 Å². The van der Waals surface area contributed by atoms with Crippen LogP contribution in [0.1, 0.15) is 11.3 Å². The molecule has 0 aliphatic carbocycles. The quantitative estimate of drug-likeness (QED) is 0.721. The van der Waals surface area contributed by atoms with Crippen molar-refractivity contribution in [1.82, 2.24) is 0 Å². The number of aryl methyl sites for hydroxylation is 1. The van der Waals surface area contributed by atoms with Gasteiger partial charge < -0.3 is 4.42 Å². The number of hydrogen-bond acceptors (Lipinski definition) is 2. The van der Waals surface area contributed by atoms with Crippen LogP contribution in [0.25, 0.3) is 11.0 Å². The molecule has 0 fully saturated rings. The lowest BCUT2D eigenvalue weighted by Crippen LogP contribution is -1.69. The molecule has 0 amide bonds. The third-order valence-corrected chi connectivity index (χ3v) is 2.58. The Morgan fingerprint density at radius 3 is 2.92 bits per heavy atom. The van der Waals surface area contributed by atoms with Crippen LogP contribution in [0.5, 0.6) is 0 Å². The van der Waals surface area contributed by atoms with Crippen LogP contribution in [-0.2, 0) is 5.75 Å². The lowest BCUT2D eigenvalue weighted by molar-refractivity contribution is 0.574. The minimum absolute atomic E-state index is 0.952. The van der Waals surface area contributed by atoms with Crippen LogP contribution in [0.15, 0.2) is 28.7 Å². The van der Waals surface area contributed by atoms with Crippen molar-refractivity contribution in [3.63, 3.8) is 0 Å². The fraction of sp³-hybridized carbons (Fsp3) is 0.273. The minimum atomic E-state index is 0.952. The van der Waals surface area contributed by atoms with E-state index < -0.39 is 0 Å². The Hall–Kier alpha value is -0.890. The van der Waals surface area contributed by atoms with Crippen LogP contribution >= 0.6 is 11.8 Å². The standard InChI is InChI=1S/C11H12OS/c1-8-3-4-11-9(5-8)6-10(12-11)7-13-2/h3-6H,7H2,1-2H3. The fourth-order valence-corrected chi connectivity index (χ4v) is 1.86. The Balaban J connectivity index is 2.49. The summed E-state index contributed by atoms with van der Waals surface area (Å²) in [6.07, 6.45) is 2.08. The van der Waals surface area contributed by atoms with E-state index in [1.54, 1.807) is 11.8 Å². The monoisotopic (exact) mass is 192 g/mol. The zero-order valence-electron chi connectivity index (χ0n) is 7.83. The molecule has 0 spiro atoms. The van der Waals surface area contributed by atoms with Gasteiger partial charge in [0.05, 0.1) is 5.75 Å². The summed E-state index contributed by atoms with van der Waals surface area (Å²) in [5, 5.41) is 1.21. The van der Waals surface area contributed by atoms with E-state index in [2.05, 4.69) is 31.4 Å². The largest absolute Gasteiger partial charge is 0.460 e. The zero-order valence-corrected chi connectivity index (χ0v) is 8.65. The van der Waals surface area contributed by atoms with Crippen LogP contribution in [0.4, 0.5) is 0 Å². The summed E-state index contributed by atoms with van der Waals surface area (Å²) in [6.45, 7) is 2.10. The van der Waals surface area contributed by atoms with Crippen molar-refractivity contribution in [2.24, 2.45) is 0 Å². The van der Waals surface area contributed by atoms with Crippen molar-refractivity contribution < 1.29 is 4.42 Å². The van der Waals surface area contributed by atoms with Gasteiger partial charge in [0.15, 0.2) is 0 Å². The molecule has 1 aromatic carbocycles. The molecule has 0 atom stereocenters. The molecule has 1 heterocycles. The second-order valence-electron chi connectivity index (χ2n) is 3.19. The van der Waals surface area contributed by atoms with Gasteiger partial charge in [-0.3, -0.25) is 0 Å². The molecular weight excluding hydrogens is 180 g/mol. The molecule has 0 saturated heterocycles. The van der Waals surface area contributed by atoms with Crippen LogP contribution in [0, 0.1) is 6.92 Å². The average Bonchev–Trinajstić information content (AvgIpc) is 2.46. The highest BCUT2D eigenvalue weighted by molar-refractivity contribution is 7.97. The average molecular weight is 192 g/mol. The van der Waals surface area contributed by atoms with Gasteiger partial charge in [-0.15, -0.1) is 0 Å². The van der Waals surface area contributed by atoms with Crippen LogP contribution in [0.2, 0.25) is 0 Å². The molecule has 2 aromatic rings. The summed E-state index contributed by atoms with van der Waals surface area (Å²) in [4.78, 5) is 0. The van der Waals surface area contributed by atoms with Gasteiger partial charge in [0.1, 0.15) is 11.3 Å². The lowest BCUT2D eigenvalue weighted by atomic mass is 10.2. The van der Waals surface area contributed by atoms with E-state index in [0.29, 0.717) is 0 Å². The van der Waals surface area contributed by atoms with E-state index in [9.17, 15) is 0 Å². The predicted molar refractivity (Wildman–Crippen MR) is 58.2 cm³/mol. The number of benzene rings is 1. The van der Waals surface area contributed by atoms with Crippen molar-refractivity contribution in [2.75, 3.05) is 6.26 Å². The van der Waals surface area contributed by atoms with Gasteiger partial charge in [-0.25, -0.2) is 0 Å². The number of hydrogen-bond donors (Lipinski definition) is 0. The van der Waals surface area contributed by atoms with Crippen molar-refractivity contribution in [3.8, 4) is 0 Å². The highest BCUT2D eigenvalue weighted by Gasteiger charge is 2.02. The number of rotatable bonds is 2. The maximum Gasteiger partial charge on any atom is 0.134 e. The van der Waals surface area contributed by atoms with E-state index in [1.807, 2.05) is 6.07 Å². The Morgan fingerprint density at radius 1 is 1.31 bits per heavy atom. The smallest absolute Gasteiger partial charge is 0.134 e. The van der Waals surface area contributed by atoms with E-state index in [0.717, 1.165) is 17.1 Å². The molecule has 2 rings (SSSR count). The molecule has 0 unspecified atom stereocenters. The minimum Gasteiger partial charge on any atom is -0.460 e. The first kappa shape index (κ1) is 8.70. The van der Waals surface area contributed by atoms with E-state index in [4.69, 9.17) is 4.42 Å². The van der Waals surface area contributed by atoms with Gasteiger partial charge >= 0.3 is 0 Å². The summed E-state index contributed by atoms with van der Waals surface area (Å²) in [6, 6.07) is 8.39. The van der Waals surface area contributed by atoms with Crippen molar-refractivity contribution in [1.29, 1.82) is 0 Å². The SMILES string of the molecule is CSCc1cc2cc(C)ccc2o1. The molecule has 0 bridgehead atoms. The topological polar surface area (TPSA) is 13.1 Å². The third-order valence-electron chi connectivity index (χ3n) is 2.01. The maximum atomic E-state index is 5.64. The molecule has 0 aliphatic heterocycles. The maximum absolute atomic E-state index is 5.64. The summed E-state index contributed by atoms with van der Waals surface area (Å²) >= 11 is 1.78. The highest BCUT2D eigenvalue weighted by Crippen LogP contribution is 2.22. The molecule has 0 saturated carbocycles. The second kappa shape index (κ2) is 3.46. The molecule has 0 N–H and O–H groups in total. The Morgan fingerprint density at radius 2 is 2.15 bits per heavy atom. The van der Waals surface area contributed by atoms with Crippen molar-refractivity contribution in [3.05, 3.63) is 35.6 Å². The zero-order chi connectivity index (χ0) is 9.26. The van der Waals surface area contributed by atoms with Crippen molar-refractivity contribution >= 4 is 22.7 Å². The number of furan rings is 1. The first-order valence-corrected chi connectivity index (χ1v) is 5.67. The van der Waals surface area contributed by atoms with E-state index >= 15 is 0 Å². The second-order valence-corrected chi connectivity index (χ2v) is 4.05. The van der Waals surface area contributed by atoms with Gasteiger partial charge in [0.2, 0.25) is 0 Å². The normalized spacial score (nSPS) is 10.9. The molecule has 2 heteroatoms. The molecule has 1 nitrogen and oxygen atoms in total. The molecular formula is C11H12OS. The van der Waals surface area contributed by atoms with Gasteiger partial charge in [-0.2, -0.15) is 11.8 Å². The van der Waals surface area contributed by atoms with Crippen LogP contribution < -0.4 is 0 Å². The van der Waals surface area contributed by atoms with E-state index in [-0.39, 0.29) is 0 Å². The molecule has 1 aromatic heterocycles. The summed E-state index contributed by atoms with van der Waals surface area (Å²) in [7, 11) is 0. The predicted octanol–water partition coefficient (Wildman–Crippen LogP) is 3.60. The molecule has 68 valence electrons. The summed E-state index contributed by atoms with van der Waals surface area (Å²) < 4.78 is 5.64. The van der Waals surface area contributed by atoms with Gasteiger partial charge in [0.25, 0.3) is 0 Å².